The van der Waals surface area contributed by atoms with E-state index in [9.17, 15) is 4.79 Å². The summed E-state index contributed by atoms with van der Waals surface area (Å²) in [6.45, 7) is 4.01. The van der Waals surface area contributed by atoms with Gasteiger partial charge in [0.15, 0.2) is 0 Å². The lowest BCUT2D eigenvalue weighted by Gasteiger charge is -2.03. The maximum Gasteiger partial charge on any atom is 0.371 e. The Balaban J connectivity index is 2.83. The summed E-state index contributed by atoms with van der Waals surface area (Å²) in [7, 11) is 1.39. The lowest BCUT2D eigenvalue weighted by molar-refractivity contribution is 0.200. The molecule has 0 unspecified atom stereocenters. The molecule has 0 fully saturated rings. The van der Waals surface area contributed by atoms with Gasteiger partial charge in [0.25, 0.3) is 0 Å². The van der Waals surface area contributed by atoms with Crippen LogP contribution in [0.1, 0.15) is 11.1 Å². The Hall–Kier alpha value is -0.960. The number of aryl methyl sites for hydroxylation is 2. The predicted molar refractivity (Wildman–Crippen MR) is 54.2 cm³/mol. The van der Waals surface area contributed by atoms with Crippen LogP contribution in [0, 0.1) is 13.8 Å². The van der Waals surface area contributed by atoms with Gasteiger partial charge >= 0.3 is 5.30 Å². The highest BCUT2D eigenvalue weighted by Crippen LogP contribution is 2.24. The molecule has 1 aromatic carbocycles. The lowest BCUT2D eigenvalue weighted by atomic mass is 10.2. The molecule has 70 valence electrons. The number of benzene rings is 1. The van der Waals surface area contributed by atoms with E-state index < -0.39 is 0 Å². The van der Waals surface area contributed by atoms with Crippen molar-refractivity contribution >= 4 is 17.1 Å². The summed E-state index contributed by atoms with van der Waals surface area (Å²) in [6.07, 6.45) is 0. The van der Waals surface area contributed by atoms with Crippen molar-refractivity contribution in [2.24, 2.45) is 0 Å². The fourth-order valence-corrected chi connectivity index (χ4v) is 1.66. The SMILES string of the molecule is COC(=O)Sc1ccc(C)cc1C. The van der Waals surface area contributed by atoms with E-state index in [1.54, 1.807) is 0 Å². The van der Waals surface area contributed by atoms with E-state index in [-0.39, 0.29) is 5.30 Å². The van der Waals surface area contributed by atoms with E-state index in [1.165, 1.54) is 12.7 Å². The molecule has 0 radical (unpaired) electrons. The number of thioether (sulfide) groups is 1. The van der Waals surface area contributed by atoms with E-state index >= 15 is 0 Å². The van der Waals surface area contributed by atoms with Crippen LogP contribution in [0.3, 0.4) is 0 Å². The van der Waals surface area contributed by atoms with E-state index in [0.29, 0.717) is 0 Å². The summed E-state index contributed by atoms with van der Waals surface area (Å²) in [6, 6.07) is 5.97. The molecule has 0 heterocycles. The first kappa shape index (κ1) is 10.1. The molecule has 0 aliphatic rings. The Morgan fingerprint density at radius 1 is 1.38 bits per heavy atom. The molecule has 0 bridgehead atoms. The van der Waals surface area contributed by atoms with Crippen molar-refractivity contribution < 1.29 is 9.53 Å². The van der Waals surface area contributed by atoms with Gasteiger partial charge in [-0.25, -0.2) is 4.79 Å². The van der Waals surface area contributed by atoms with Crippen molar-refractivity contribution in [3.05, 3.63) is 29.3 Å². The molecule has 0 spiro atoms. The monoisotopic (exact) mass is 196 g/mol. The fraction of sp³-hybridized carbons (Fsp3) is 0.300. The second kappa shape index (κ2) is 4.33. The largest absolute Gasteiger partial charge is 0.461 e. The van der Waals surface area contributed by atoms with E-state index in [0.717, 1.165) is 22.2 Å². The predicted octanol–water partition coefficient (Wildman–Crippen LogP) is 3.16. The number of hydrogen-bond donors (Lipinski definition) is 0. The van der Waals surface area contributed by atoms with Gasteiger partial charge < -0.3 is 4.74 Å². The van der Waals surface area contributed by atoms with Crippen LogP contribution in [-0.2, 0) is 4.74 Å². The van der Waals surface area contributed by atoms with Crippen molar-refractivity contribution in [3.63, 3.8) is 0 Å². The molecular weight excluding hydrogens is 184 g/mol. The first-order valence-electron chi connectivity index (χ1n) is 3.96. The fourth-order valence-electron chi connectivity index (χ4n) is 1.05. The molecule has 0 atom stereocenters. The summed E-state index contributed by atoms with van der Waals surface area (Å²) in [5, 5.41) is -0.271. The second-order valence-corrected chi connectivity index (χ2v) is 3.80. The first-order chi connectivity index (χ1) is 6.13. The van der Waals surface area contributed by atoms with Gasteiger partial charge in [-0.3, -0.25) is 0 Å². The normalized spacial score (nSPS) is 9.77. The van der Waals surface area contributed by atoms with Gasteiger partial charge in [0.1, 0.15) is 0 Å². The number of hydrogen-bond acceptors (Lipinski definition) is 3. The maximum absolute atomic E-state index is 11.0. The van der Waals surface area contributed by atoms with Gasteiger partial charge in [0.2, 0.25) is 0 Å². The third-order valence-corrected chi connectivity index (χ3v) is 2.70. The van der Waals surface area contributed by atoms with Gasteiger partial charge in [-0.05, 0) is 37.2 Å². The van der Waals surface area contributed by atoms with Crippen molar-refractivity contribution in [3.8, 4) is 0 Å². The number of rotatable bonds is 1. The Morgan fingerprint density at radius 3 is 2.62 bits per heavy atom. The van der Waals surface area contributed by atoms with E-state index in [1.807, 2.05) is 32.0 Å². The number of carbonyl (C=O) groups excluding carboxylic acids is 1. The van der Waals surface area contributed by atoms with Crippen LogP contribution in [0.15, 0.2) is 23.1 Å². The molecule has 0 aliphatic carbocycles. The number of methoxy groups -OCH3 is 1. The van der Waals surface area contributed by atoms with E-state index in [4.69, 9.17) is 0 Å². The van der Waals surface area contributed by atoms with Gasteiger partial charge in [-0.2, -0.15) is 0 Å². The minimum atomic E-state index is -0.271. The molecule has 2 nitrogen and oxygen atoms in total. The highest BCUT2D eigenvalue weighted by Gasteiger charge is 2.05. The van der Waals surface area contributed by atoms with Crippen molar-refractivity contribution in [1.82, 2.24) is 0 Å². The number of carbonyl (C=O) groups is 1. The zero-order valence-corrected chi connectivity index (χ0v) is 8.77. The van der Waals surface area contributed by atoms with Crippen LogP contribution in [0.5, 0.6) is 0 Å². The minimum absolute atomic E-state index is 0.271. The second-order valence-electron chi connectivity index (χ2n) is 2.83. The third-order valence-electron chi connectivity index (χ3n) is 1.69. The van der Waals surface area contributed by atoms with Crippen molar-refractivity contribution in [1.29, 1.82) is 0 Å². The molecule has 0 aliphatic heterocycles. The smallest absolute Gasteiger partial charge is 0.371 e. The Morgan fingerprint density at radius 2 is 2.08 bits per heavy atom. The van der Waals surface area contributed by atoms with Gasteiger partial charge in [0.05, 0.1) is 7.11 Å². The summed E-state index contributed by atoms with van der Waals surface area (Å²) in [5.41, 5.74) is 2.31. The quantitative estimate of drug-likeness (QED) is 0.510. The van der Waals surface area contributed by atoms with Crippen LogP contribution in [-0.4, -0.2) is 12.4 Å². The van der Waals surface area contributed by atoms with Crippen LogP contribution >= 0.6 is 11.8 Å². The van der Waals surface area contributed by atoms with Crippen LogP contribution in [0.2, 0.25) is 0 Å². The van der Waals surface area contributed by atoms with Gasteiger partial charge in [-0.1, -0.05) is 17.7 Å². The lowest BCUT2D eigenvalue weighted by Crippen LogP contribution is -1.91. The van der Waals surface area contributed by atoms with Gasteiger partial charge in [-0.15, -0.1) is 0 Å². The van der Waals surface area contributed by atoms with E-state index in [2.05, 4.69) is 4.74 Å². The Kier molecular flexibility index (Phi) is 3.37. The molecule has 0 saturated heterocycles. The molecular formula is C10H12O2S. The third kappa shape index (κ3) is 2.77. The molecule has 1 aromatic rings. The summed E-state index contributed by atoms with van der Waals surface area (Å²) < 4.78 is 4.56. The molecule has 0 saturated carbocycles. The molecule has 0 amide bonds. The summed E-state index contributed by atoms with van der Waals surface area (Å²) >= 11 is 1.12. The van der Waals surface area contributed by atoms with Crippen LogP contribution < -0.4 is 0 Å². The molecule has 1 rings (SSSR count). The Bertz CT molecular complexity index is 321. The molecule has 13 heavy (non-hydrogen) atoms. The zero-order chi connectivity index (χ0) is 9.84. The Labute approximate surface area is 82.3 Å². The molecule has 0 N–H and O–H groups in total. The van der Waals surface area contributed by atoms with Crippen LogP contribution in [0.25, 0.3) is 0 Å². The maximum atomic E-state index is 11.0. The van der Waals surface area contributed by atoms with Crippen LogP contribution in [0.4, 0.5) is 4.79 Å². The zero-order valence-electron chi connectivity index (χ0n) is 7.96. The highest BCUT2D eigenvalue weighted by atomic mass is 32.2. The average molecular weight is 196 g/mol. The highest BCUT2D eigenvalue weighted by molar-refractivity contribution is 8.13. The molecule has 3 heteroatoms. The standard InChI is InChI=1S/C10H12O2S/c1-7-4-5-9(8(2)6-7)13-10(11)12-3/h4-6H,1-3H3. The first-order valence-corrected chi connectivity index (χ1v) is 4.78. The van der Waals surface area contributed by atoms with Crippen molar-refractivity contribution in [2.45, 2.75) is 18.7 Å². The molecule has 0 aromatic heterocycles. The van der Waals surface area contributed by atoms with Gasteiger partial charge in [0, 0.05) is 4.90 Å². The summed E-state index contributed by atoms with van der Waals surface area (Å²) in [4.78, 5) is 11.9. The van der Waals surface area contributed by atoms with Crippen molar-refractivity contribution in [2.75, 3.05) is 7.11 Å². The average Bonchev–Trinajstić information content (AvgIpc) is 2.09. The minimum Gasteiger partial charge on any atom is -0.461 e. The summed E-state index contributed by atoms with van der Waals surface area (Å²) in [5.74, 6) is 0. The topological polar surface area (TPSA) is 26.3 Å². The number of ether oxygens (including phenoxy) is 1.